The summed E-state index contributed by atoms with van der Waals surface area (Å²) in [5.74, 6) is 0. The van der Waals surface area contributed by atoms with Crippen molar-refractivity contribution in [3.05, 3.63) is 34.9 Å². The zero-order valence-electron chi connectivity index (χ0n) is 12.7. The van der Waals surface area contributed by atoms with Crippen molar-refractivity contribution in [3.8, 4) is 0 Å². The molecule has 1 rings (SSSR count). The molecule has 102 valence electrons. The molecule has 1 aromatic carbocycles. The highest BCUT2D eigenvalue weighted by molar-refractivity contribution is 5.33. The Labute approximate surface area is 112 Å². The maximum Gasteiger partial charge on any atom is 0.0350 e. The van der Waals surface area contributed by atoms with Gasteiger partial charge in [0.05, 0.1) is 0 Å². The van der Waals surface area contributed by atoms with E-state index in [1.165, 1.54) is 16.7 Å². The van der Waals surface area contributed by atoms with Crippen molar-refractivity contribution in [2.75, 3.05) is 20.6 Å². The Hall–Kier alpha value is -0.860. The van der Waals surface area contributed by atoms with Crippen LogP contribution in [-0.2, 0) is 0 Å². The van der Waals surface area contributed by atoms with Gasteiger partial charge < -0.3 is 10.6 Å². The summed E-state index contributed by atoms with van der Waals surface area (Å²) in [6, 6.07) is 7.17. The van der Waals surface area contributed by atoms with Crippen LogP contribution in [0.1, 0.15) is 43.0 Å². The van der Waals surface area contributed by atoms with E-state index in [2.05, 4.69) is 64.9 Å². The Balaban J connectivity index is 3.05. The standard InChI is InChI=1S/C16H28N2/c1-12-7-8-14(13(2)9-12)15(18(5)6)10-16(3,4)11-17/h7-9,15H,10-11,17H2,1-6H3. The molecule has 2 N–H and O–H groups in total. The van der Waals surface area contributed by atoms with Gasteiger partial charge in [0.2, 0.25) is 0 Å². The molecule has 0 aliphatic heterocycles. The minimum absolute atomic E-state index is 0.173. The minimum Gasteiger partial charge on any atom is -0.330 e. The van der Waals surface area contributed by atoms with Gasteiger partial charge >= 0.3 is 0 Å². The normalized spacial score (nSPS) is 14.0. The molecule has 1 aromatic rings. The molecule has 0 bridgehead atoms. The summed E-state index contributed by atoms with van der Waals surface area (Å²) >= 11 is 0. The van der Waals surface area contributed by atoms with Crippen LogP contribution in [-0.4, -0.2) is 25.5 Å². The van der Waals surface area contributed by atoms with Gasteiger partial charge in [0.1, 0.15) is 0 Å². The molecule has 1 atom stereocenters. The zero-order valence-corrected chi connectivity index (χ0v) is 12.7. The summed E-state index contributed by atoms with van der Waals surface area (Å²) in [5, 5.41) is 0. The smallest absolute Gasteiger partial charge is 0.0350 e. The van der Waals surface area contributed by atoms with Crippen LogP contribution in [0.3, 0.4) is 0 Å². The van der Waals surface area contributed by atoms with Crippen LogP contribution in [0.15, 0.2) is 18.2 Å². The van der Waals surface area contributed by atoms with E-state index >= 15 is 0 Å². The lowest BCUT2D eigenvalue weighted by molar-refractivity contribution is 0.202. The third-order valence-corrected chi connectivity index (χ3v) is 3.71. The molecule has 0 saturated carbocycles. The zero-order chi connectivity index (χ0) is 13.9. The van der Waals surface area contributed by atoms with Crippen molar-refractivity contribution in [1.82, 2.24) is 4.90 Å². The maximum atomic E-state index is 5.88. The Morgan fingerprint density at radius 1 is 1.22 bits per heavy atom. The second-order valence-corrected chi connectivity index (χ2v) is 6.41. The SMILES string of the molecule is Cc1ccc(C(CC(C)(C)CN)N(C)C)c(C)c1. The highest BCUT2D eigenvalue weighted by Crippen LogP contribution is 2.33. The highest BCUT2D eigenvalue weighted by atomic mass is 15.1. The first-order valence-corrected chi connectivity index (χ1v) is 6.70. The quantitative estimate of drug-likeness (QED) is 0.866. The molecule has 0 saturated heterocycles. The van der Waals surface area contributed by atoms with Crippen LogP contribution in [0.5, 0.6) is 0 Å². The van der Waals surface area contributed by atoms with Crippen molar-refractivity contribution in [2.45, 2.75) is 40.2 Å². The minimum atomic E-state index is 0.173. The van der Waals surface area contributed by atoms with Crippen molar-refractivity contribution in [2.24, 2.45) is 11.1 Å². The van der Waals surface area contributed by atoms with E-state index in [0.717, 1.165) is 13.0 Å². The fourth-order valence-electron chi connectivity index (χ4n) is 2.38. The van der Waals surface area contributed by atoms with Crippen LogP contribution < -0.4 is 5.73 Å². The van der Waals surface area contributed by atoms with E-state index in [1.807, 2.05) is 0 Å². The molecule has 0 fully saturated rings. The Morgan fingerprint density at radius 2 is 1.83 bits per heavy atom. The molecule has 0 aliphatic rings. The number of rotatable bonds is 5. The van der Waals surface area contributed by atoms with E-state index in [0.29, 0.717) is 6.04 Å². The lowest BCUT2D eigenvalue weighted by atomic mass is 9.82. The van der Waals surface area contributed by atoms with Gasteiger partial charge in [-0.05, 0) is 57.5 Å². The molecule has 0 radical (unpaired) electrons. The predicted molar refractivity (Wildman–Crippen MR) is 79.8 cm³/mol. The third-order valence-electron chi connectivity index (χ3n) is 3.71. The van der Waals surface area contributed by atoms with Crippen LogP contribution in [0.4, 0.5) is 0 Å². The van der Waals surface area contributed by atoms with E-state index in [9.17, 15) is 0 Å². The average Bonchev–Trinajstić information content (AvgIpc) is 2.26. The number of hydrogen-bond acceptors (Lipinski definition) is 2. The fraction of sp³-hybridized carbons (Fsp3) is 0.625. The van der Waals surface area contributed by atoms with Crippen molar-refractivity contribution in [3.63, 3.8) is 0 Å². The first-order valence-electron chi connectivity index (χ1n) is 6.70. The molecule has 0 aliphatic carbocycles. The average molecular weight is 248 g/mol. The lowest BCUT2D eigenvalue weighted by Gasteiger charge is -2.33. The number of hydrogen-bond donors (Lipinski definition) is 1. The molecule has 18 heavy (non-hydrogen) atoms. The molecular formula is C16H28N2. The monoisotopic (exact) mass is 248 g/mol. The third kappa shape index (κ3) is 3.82. The maximum absolute atomic E-state index is 5.88. The highest BCUT2D eigenvalue weighted by Gasteiger charge is 2.25. The fourth-order valence-corrected chi connectivity index (χ4v) is 2.38. The summed E-state index contributed by atoms with van der Waals surface area (Å²) in [4.78, 5) is 2.30. The summed E-state index contributed by atoms with van der Waals surface area (Å²) in [5.41, 5.74) is 10.2. The van der Waals surface area contributed by atoms with E-state index in [4.69, 9.17) is 5.73 Å². The summed E-state index contributed by atoms with van der Waals surface area (Å²) in [6.07, 6.45) is 1.08. The lowest BCUT2D eigenvalue weighted by Crippen LogP contribution is -2.31. The van der Waals surface area contributed by atoms with Crippen molar-refractivity contribution in [1.29, 1.82) is 0 Å². The first-order chi connectivity index (χ1) is 8.26. The molecule has 0 amide bonds. The van der Waals surface area contributed by atoms with E-state index in [-0.39, 0.29) is 5.41 Å². The van der Waals surface area contributed by atoms with Gasteiger partial charge in [-0.15, -0.1) is 0 Å². The summed E-state index contributed by atoms with van der Waals surface area (Å²) < 4.78 is 0. The Morgan fingerprint density at radius 3 is 2.28 bits per heavy atom. The predicted octanol–water partition coefficient (Wildman–Crippen LogP) is 3.28. The second-order valence-electron chi connectivity index (χ2n) is 6.41. The topological polar surface area (TPSA) is 29.3 Å². The van der Waals surface area contributed by atoms with Crippen LogP contribution in [0.25, 0.3) is 0 Å². The van der Waals surface area contributed by atoms with Gasteiger partial charge in [0.25, 0.3) is 0 Å². The van der Waals surface area contributed by atoms with Crippen LogP contribution in [0, 0.1) is 19.3 Å². The number of aryl methyl sites for hydroxylation is 2. The van der Waals surface area contributed by atoms with E-state index < -0.39 is 0 Å². The number of nitrogens with zero attached hydrogens (tertiary/aromatic N) is 1. The number of nitrogens with two attached hydrogens (primary N) is 1. The van der Waals surface area contributed by atoms with Crippen LogP contribution >= 0.6 is 0 Å². The van der Waals surface area contributed by atoms with Gasteiger partial charge in [-0.1, -0.05) is 37.6 Å². The molecular weight excluding hydrogens is 220 g/mol. The molecule has 0 spiro atoms. The Bertz CT molecular complexity index is 394. The largest absolute Gasteiger partial charge is 0.330 e. The van der Waals surface area contributed by atoms with Gasteiger partial charge in [-0.25, -0.2) is 0 Å². The molecule has 2 nitrogen and oxygen atoms in total. The van der Waals surface area contributed by atoms with Crippen molar-refractivity contribution >= 4 is 0 Å². The summed E-state index contributed by atoms with van der Waals surface area (Å²) in [7, 11) is 4.30. The van der Waals surface area contributed by atoms with Crippen LogP contribution in [0.2, 0.25) is 0 Å². The van der Waals surface area contributed by atoms with Gasteiger partial charge in [-0.3, -0.25) is 0 Å². The van der Waals surface area contributed by atoms with Gasteiger partial charge in [-0.2, -0.15) is 0 Å². The van der Waals surface area contributed by atoms with Gasteiger partial charge in [0.15, 0.2) is 0 Å². The molecule has 0 aromatic heterocycles. The van der Waals surface area contributed by atoms with Crippen molar-refractivity contribution < 1.29 is 0 Å². The molecule has 1 unspecified atom stereocenters. The van der Waals surface area contributed by atoms with E-state index in [1.54, 1.807) is 0 Å². The second kappa shape index (κ2) is 5.85. The molecule has 2 heteroatoms. The number of benzene rings is 1. The molecule has 0 heterocycles. The Kier molecular flexibility index (Phi) is 4.94. The van der Waals surface area contributed by atoms with Gasteiger partial charge in [0, 0.05) is 6.04 Å². The first kappa shape index (κ1) is 15.2. The summed E-state index contributed by atoms with van der Waals surface area (Å²) in [6.45, 7) is 9.56.